The number of hydrogen-bond donors (Lipinski definition) is 2. The molecule has 0 saturated carbocycles. The Labute approximate surface area is 191 Å². The molecule has 1 aromatic carbocycles. The zero-order valence-electron chi connectivity index (χ0n) is 18.8. The van der Waals surface area contributed by atoms with E-state index in [0.717, 1.165) is 32.8 Å². The molecular formula is C24H26N6O3. The Morgan fingerprint density at radius 2 is 1.88 bits per heavy atom. The van der Waals surface area contributed by atoms with Crippen LogP contribution in [0.4, 0.5) is 4.79 Å². The Kier molecular flexibility index (Phi) is 5.95. The van der Waals surface area contributed by atoms with Crippen LogP contribution in [-0.2, 0) is 23.2 Å². The molecule has 3 heterocycles. The molecule has 2 aromatic heterocycles. The molecule has 0 unspecified atom stereocenters. The normalized spacial score (nSPS) is 14.9. The molecule has 0 spiro atoms. The van der Waals surface area contributed by atoms with Crippen molar-refractivity contribution in [2.45, 2.75) is 32.4 Å². The molecular weight excluding hydrogens is 420 g/mol. The van der Waals surface area contributed by atoms with Crippen LogP contribution in [0.25, 0.3) is 22.4 Å². The van der Waals surface area contributed by atoms with Crippen LogP contribution in [0.3, 0.4) is 0 Å². The second kappa shape index (κ2) is 8.85. The summed E-state index contributed by atoms with van der Waals surface area (Å²) in [6, 6.07) is 11.3. The third kappa shape index (κ3) is 4.77. The highest BCUT2D eigenvalue weighted by Gasteiger charge is 2.43. The molecule has 33 heavy (non-hydrogen) atoms. The summed E-state index contributed by atoms with van der Waals surface area (Å²) in [4.78, 5) is 41.7. The summed E-state index contributed by atoms with van der Waals surface area (Å²) in [6.45, 7) is 3.66. The zero-order chi connectivity index (χ0) is 23.6. The van der Waals surface area contributed by atoms with Crippen LogP contribution >= 0.6 is 0 Å². The van der Waals surface area contributed by atoms with E-state index in [-0.39, 0.29) is 24.8 Å². The van der Waals surface area contributed by atoms with Gasteiger partial charge in [-0.15, -0.1) is 0 Å². The summed E-state index contributed by atoms with van der Waals surface area (Å²) in [5.74, 6) is -0.561. The number of amides is 4. The summed E-state index contributed by atoms with van der Waals surface area (Å²) >= 11 is 0. The van der Waals surface area contributed by atoms with Gasteiger partial charge in [0.2, 0.25) is 5.91 Å². The number of pyridine rings is 1. The first kappa shape index (κ1) is 22.2. The van der Waals surface area contributed by atoms with Crippen LogP contribution in [-0.4, -0.2) is 49.6 Å². The molecule has 0 atom stereocenters. The summed E-state index contributed by atoms with van der Waals surface area (Å²) in [7, 11) is 1.88. The van der Waals surface area contributed by atoms with Gasteiger partial charge in [0.1, 0.15) is 11.2 Å². The Bertz CT molecular complexity index is 1200. The van der Waals surface area contributed by atoms with Crippen molar-refractivity contribution in [3.8, 4) is 22.4 Å². The number of imide groups is 1. The number of urea groups is 1. The van der Waals surface area contributed by atoms with Gasteiger partial charge in [0.15, 0.2) is 0 Å². The lowest BCUT2D eigenvalue weighted by Crippen LogP contribution is -2.40. The van der Waals surface area contributed by atoms with Crippen LogP contribution in [0.1, 0.15) is 25.8 Å². The standard InChI is InChI=1S/C24H26N6O3/c1-24(2)22(32)30(23(33)27-24)12-9-20(31)26-14-16-5-4-6-18(13-16)21-19(15-29(3)28-21)17-7-10-25-11-8-17/h4-8,10-11,13,15H,9,12,14H2,1-3H3,(H,26,31)(H,27,33). The van der Waals surface area contributed by atoms with Crippen molar-refractivity contribution in [3.05, 3.63) is 60.6 Å². The zero-order valence-corrected chi connectivity index (χ0v) is 18.8. The minimum atomic E-state index is -0.936. The van der Waals surface area contributed by atoms with E-state index >= 15 is 0 Å². The van der Waals surface area contributed by atoms with Crippen LogP contribution in [0.15, 0.2) is 55.0 Å². The predicted molar refractivity (Wildman–Crippen MR) is 123 cm³/mol. The van der Waals surface area contributed by atoms with Crippen molar-refractivity contribution in [2.24, 2.45) is 7.05 Å². The van der Waals surface area contributed by atoms with Crippen molar-refractivity contribution in [1.29, 1.82) is 0 Å². The Hall–Kier alpha value is -4.01. The topological polar surface area (TPSA) is 109 Å². The van der Waals surface area contributed by atoms with Gasteiger partial charge >= 0.3 is 6.03 Å². The highest BCUT2D eigenvalue weighted by Crippen LogP contribution is 2.30. The van der Waals surface area contributed by atoms with Crippen LogP contribution in [0.2, 0.25) is 0 Å². The number of carbonyl (C=O) groups is 3. The Morgan fingerprint density at radius 3 is 2.58 bits per heavy atom. The second-order valence-electron chi connectivity index (χ2n) is 8.54. The molecule has 1 fully saturated rings. The third-order valence-corrected chi connectivity index (χ3v) is 5.52. The smallest absolute Gasteiger partial charge is 0.325 e. The number of hydrogen-bond acceptors (Lipinski definition) is 5. The average Bonchev–Trinajstić information content (AvgIpc) is 3.28. The van der Waals surface area contributed by atoms with Gasteiger partial charge in [-0.25, -0.2) is 4.79 Å². The number of rotatable bonds is 7. The first-order valence-electron chi connectivity index (χ1n) is 10.7. The highest BCUT2D eigenvalue weighted by atomic mass is 16.2. The van der Waals surface area contributed by atoms with E-state index in [1.165, 1.54) is 0 Å². The first-order valence-corrected chi connectivity index (χ1v) is 10.7. The number of aryl methyl sites for hydroxylation is 1. The van der Waals surface area contributed by atoms with Crippen molar-refractivity contribution in [1.82, 2.24) is 30.3 Å². The van der Waals surface area contributed by atoms with Gasteiger partial charge in [0, 0.05) is 56.3 Å². The van der Waals surface area contributed by atoms with Gasteiger partial charge in [-0.1, -0.05) is 18.2 Å². The number of benzene rings is 1. The number of aromatic nitrogens is 3. The van der Waals surface area contributed by atoms with E-state index in [9.17, 15) is 14.4 Å². The van der Waals surface area contributed by atoms with Gasteiger partial charge in [0.25, 0.3) is 5.91 Å². The van der Waals surface area contributed by atoms with Crippen molar-refractivity contribution < 1.29 is 14.4 Å². The first-order chi connectivity index (χ1) is 15.7. The molecule has 1 aliphatic heterocycles. The molecule has 9 heteroatoms. The highest BCUT2D eigenvalue weighted by molar-refractivity contribution is 6.06. The number of nitrogens with zero attached hydrogens (tertiary/aromatic N) is 4. The molecule has 2 N–H and O–H groups in total. The Balaban J connectivity index is 1.40. The number of carbonyl (C=O) groups excluding carboxylic acids is 3. The lowest BCUT2D eigenvalue weighted by molar-refractivity contribution is -0.130. The average molecular weight is 447 g/mol. The second-order valence-corrected chi connectivity index (χ2v) is 8.54. The molecule has 170 valence electrons. The van der Waals surface area contributed by atoms with Crippen LogP contribution in [0, 0.1) is 0 Å². The van der Waals surface area contributed by atoms with E-state index in [1.807, 2.05) is 49.6 Å². The quantitative estimate of drug-likeness (QED) is 0.542. The Morgan fingerprint density at radius 1 is 1.12 bits per heavy atom. The van der Waals surface area contributed by atoms with Crippen molar-refractivity contribution in [3.63, 3.8) is 0 Å². The maximum atomic E-state index is 12.3. The van der Waals surface area contributed by atoms with E-state index in [1.54, 1.807) is 30.9 Å². The largest absolute Gasteiger partial charge is 0.352 e. The van der Waals surface area contributed by atoms with Gasteiger partial charge < -0.3 is 10.6 Å². The molecule has 9 nitrogen and oxygen atoms in total. The molecule has 3 aromatic rings. The molecule has 0 aliphatic carbocycles. The fourth-order valence-corrected chi connectivity index (χ4v) is 3.80. The minimum absolute atomic E-state index is 0.0430. The van der Waals surface area contributed by atoms with Crippen molar-refractivity contribution >= 4 is 17.8 Å². The lowest BCUT2D eigenvalue weighted by Gasteiger charge is -2.15. The SMILES string of the molecule is Cn1cc(-c2ccncc2)c(-c2cccc(CNC(=O)CCN3C(=O)NC(C)(C)C3=O)c2)n1. The lowest BCUT2D eigenvalue weighted by atomic mass is 10.0. The maximum Gasteiger partial charge on any atom is 0.325 e. The van der Waals surface area contributed by atoms with E-state index < -0.39 is 11.6 Å². The van der Waals surface area contributed by atoms with Gasteiger partial charge in [-0.05, 0) is 43.2 Å². The maximum absolute atomic E-state index is 12.3. The summed E-state index contributed by atoms with van der Waals surface area (Å²) in [5.41, 5.74) is 3.79. The van der Waals surface area contributed by atoms with Crippen molar-refractivity contribution in [2.75, 3.05) is 6.54 Å². The molecule has 4 rings (SSSR count). The fourth-order valence-electron chi connectivity index (χ4n) is 3.80. The molecule has 0 radical (unpaired) electrons. The third-order valence-electron chi connectivity index (χ3n) is 5.52. The minimum Gasteiger partial charge on any atom is -0.352 e. The van der Waals surface area contributed by atoms with E-state index in [0.29, 0.717) is 6.54 Å². The van der Waals surface area contributed by atoms with Gasteiger partial charge in [0.05, 0.1) is 0 Å². The molecule has 1 aliphatic rings. The molecule has 4 amide bonds. The van der Waals surface area contributed by atoms with Crippen LogP contribution in [0.5, 0.6) is 0 Å². The fraction of sp³-hybridized carbons (Fsp3) is 0.292. The van der Waals surface area contributed by atoms with Gasteiger partial charge in [-0.2, -0.15) is 5.10 Å². The van der Waals surface area contributed by atoms with Gasteiger partial charge in [-0.3, -0.25) is 24.2 Å². The predicted octanol–water partition coefficient (Wildman–Crippen LogP) is 2.49. The monoisotopic (exact) mass is 446 g/mol. The van der Waals surface area contributed by atoms with Crippen LogP contribution < -0.4 is 10.6 Å². The summed E-state index contributed by atoms with van der Waals surface area (Å²) < 4.78 is 1.77. The number of nitrogens with one attached hydrogen (secondary N) is 2. The van der Waals surface area contributed by atoms with E-state index in [2.05, 4.69) is 20.7 Å². The van der Waals surface area contributed by atoms with E-state index in [4.69, 9.17) is 0 Å². The molecule has 0 bridgehead atoms. The summed E-state index contributed by atoms with van der Waals surface area (Å²) in [5, 5.41) is 10.1. The summed E-state index contributed by atoms with van der Waals surface area (Å²) in [6.07, 6.45) is 5.51. The molecule has 1 saturated heterocycles.